The van der Waals surface area contributed by atoms with Crippen LogP contribution in [-0.2, 0) is 0 Å². The molecular formula is C35H60O. The summed E-state index contributed by atoms with van der Waals surface area (Å²) in [5.74, 6) is 0.685. The second-order valence-electron chi connectivity index (χ2n) is 11.5. The number of hydrogen-bond acceptors (Lipinski definition) is 1. The maximum Gasteiger partial charge on any atom is 0.0726 e. The molecule has 0 aromatic heterocycles. The minimum absolute atomic E-state index is 0.320. The molecular weight excluding hydrogens is 436 g/mol. The van der Waals surface area contributed by atoms with E-state index in [2.05, 4.69) is 65.0 Å². The van der Waals surface area contributed by atoms with Crippen LogP contribution in [0.3, 0.4) is 0 Å². The molecule has 206 valence electrons. The van der Waals surface area contributed by atoms with Gasteiger partial charge in [0.15, 0.2) is 0 Å². The van der Waals surface area contributed by atoms with Crippen LogP contribution in [0.15, 0.2) is 58.7 Å². The van der Waals surface area contributed by atoms with Crippen molar-refractivity contribution in [1.29, 1.82) is 0 Å². The number of aliphatic hydroxyl groups is 1. The van der Waals surface area contributed by atoms with Crippen LogP contribution >= 0.6 is 0 Å². The molecule has 0 aromatic carbocycles. The molecule has 1 heteroatoms. The summed E-state index contributed by atoms with van der Waals surface area (Å²) in [5, 5.41) is 10.4. The summed E-state index contributed by atoms with van der Waals surface area (Å²) in [6.45, 7) is 11.2. The summed E-state index contributed by atoms with van der Waals surface area (Å²) in [6.07, 6.45) is 36.6. The Labute approximate surface area is 225 Å². The first-order valence-corrected chi connectivity index (χ1v) is 15.5. The molecule has 0 amide bonds. The van der Waals surface area contributed by atoms with Crippen LogP contribution in [-0.4, -0.2) is 11.2 Å². The van der Waals surface area contributed by atoms with Crippen LogP contribution in [0.1, 0.15) is 150 Å². The van der Waals surface area contributed by atoms with Gasteiger partial charge in [0.25, 0.3) is 0 Å². The summed E-state index contributed by atoms with van der Waals surface area (Å²) in [6, 6.07) is 0. The molecule has 1 rings (SSSR count). The average molecular weight is 497 g/mol. The SMILES string of the molecule is CCCCCCCCCCCCCCCCC(O)/C=C(C)/C=C/C=C(C)/C=C/C1=C(C)CCCC1C. The Kier molecular flexibility index (Phi) is 19.7. The van der Waals surface area contributed by atoms with Gasteiger partial charge in [0.1, 0.15) is 0 Å². The number of rotatable bonds is 20. The highest BCUT2D eigenvalue weighted by Gasteiger charge is 2.14. The van der Waals surface area contributed by atoms with Gasteiger partial charge in [-0.2, -0.15) is 0 Å². The van der Waals surface area contributed by atoms with E-state index in [4.69, 9.17) is 0 Å². The lowest BCUT2D eigenvalue weighted by Gasteiger charge is -2.22. The third-order valence-electron chi connectivity index (χ3n) is 7.77. The predicted octanol–water partition coefficient (Wildman–Crippen LogP) is 11.4. The summed E-state index contributed by atoms with van der Waals surface area (Å²) in [7, 11) is 0. The third kappa shape index (κ3) is 17.2. The van der Waals surface area contributed by atoms with Crippen LogP contribution in [0.4, 0.5) is 0 Å². The molecule has 2 atom stereocenters. The molecule has 0 spiro atoms. The highest BCUT2D eigenvalue weighted by molar-refractivity contribution is 5.34. The molecule has 36 heavy (non-hydrogen) atoms. The maximum atomic E-state index is 10.4. The van der Waals surface area contributed by atoms with Crippen molar-refractivity contribution < 1.29 is 5.11 Å². The molecule has 0 radical (unpaired) electrons. The van der Waals surface area contributed by atoms with Crippen LogP contribution in [0.25, 0.3) is 0 Å². The lowest BCUT2D eigenvalue weighted by Crippen LogP contribution is -2.06. The number of unbranched alkanes of at least 4 members (excludes halogenated alkanes) is 13. The van der Waals surface area contributed by atoms with Crippen molar-refractivity contribution in [3.63, 3.8) is 0 Å². The Bertz CT molecular complexity index is 702. The van der Waals surface area contributed by atoms with Crippen LogP contribution in [0.2, 0.25) is 0 Å². The molecule has 1 aliphatic carbocycles. The quantitative estimate of drug-likeness (QED) is 0.131. The number of allylic oxidation sites excluding steroid dienone is 9. The highest BCUT2D eigenvalue weighted by Crippen LogP contribution is 2.30. The van der Waals surface area contributed by atoms with E-state index in [0.717, 1.165) is 18.4 Å². The standard InChI is InChI=1S/C35H60O/c1-6-7-8-9-10-11-12-13-14-15-16-17-18-19-26-34(36)29-31(3)23-20-22-30(2)27-28-35-32(4)24-21-25-33(35)5/h20,22-23,27-29,32,34,36H,6-19,21,24-26H2,1-5H3/b23-20+,28-27+,30-22+,31-29+. The Morgan fingerprint density at radius 1 is 0.833 bits per heavy atom. The van der Waals surface area contributed by atoms with Crippen molar-refractivity contribution in [2.24, 2.45) is 5.92 Å². The summed E-state index contributed by atoms with van der Waals surface area (Å²) < 4.78 is 0. The second kappa shape index (κ2) is 21.7. The van der Waals surface area contributed by atoms with Crippen molar-refractivity contribution >= 4 is 0 Å². The van der Waals surface area contributed by atoms with Crippen molar-refractivity contribution in [1.82, 2.24) is 0 Å². The summed E-state index contributed by atoms with van der Waals surface area (Å²) in [5.41, 5.74) is 5.49. The maximum absolute atomic E-state index is 10.4. The molecule has 0 saturated carbocycles. The first-order chi connectivity index (χ1) is 17.4. The topological polar surface area (TPSA) is 20.2 Å². The fourth-order valence-corrected chi connectivity index (χ4v) is 5.32. The fourth-order valence-electron chi connectivity index (χ4n) is 5.32. The van der Waals surface area contributed by atoms with Gasteiger partial charge in [-0.1, -0.05) is 157 Å². The van der Waals surface area contributed by atoms with Crippen molar-refractivity contribution in [3.8, 4) is 0 Å². The third-order valence-corrected chi connectivity index (χ3v) is 7.77. The zero-order chi connectivity index (χ0) is 26.4. The van der Waals surface area contributed by atoms with E-state index < -0.39 is 0 Å². The van der Waals surface area contributed by atoms with Crippen molar-refractivity contribution in [2.45, 2.75) is 156 Å². The summed E-state index contributed by atoms with van der Waals surface area (Å²) in [4.78, 5) is 0. The van der Waals surface area contributed by atoms with Crippen LogP contribution < -0.4 is 0 Å². The largest absolute Gasteiger partial charge is 0.389 e. The lowest BCUT2D eigenvalue weighted by atomic mass is 9.84. The van der Waals surface area contributed by atoms with Gasteiger partial charge in [0.05, 0.1) is 6.10 Å². The molecule has 0 aromatic rings. The second-order valence-corrected chi connectivity index (χ2v) is 11.5. The van der Waals surface area contributed by atoms with Gasteiger partial charge in [-0.15, -0.1) is 0 Å². The molecule has 0 bridgehead atoms. The van der Waals surface area contributed by atoms with E-state index in [1.807, 2.05) is 6.08 Å². The van der Waals surface area contributed by atoms with Crippen molar-refractivity contribution in [3.05, 3.63) is 58.7 Å². The summed E-state index contributed by atoms with van der Waals surface area (Å²) >= 11 is 0. The minimum Gasteiger partial charge on any atom is -0.389 e. The molecule has 0 heterocycles. The first-order valence-electron chi connectivity index (χ1n) is 15.5. The Hall–Kier alpha value is -1.34. The molecule has 1 N–H and O–H groups in total. The smallest absolute Gasteiger partial charge is 0.0726 e. The van der Waals surface area contributed by atoms with E-state index in [1.54, 1.807) is 5.57 Å². The fraction of sp³-hybridized carbons (Fsp3) is 0.714. The molecule has 0 fully saturated rings. The zero-order valence-electron chi connectivity index (χ0n) is 24.8. The van der Waals surface area contributed by atoms with Crippen molar-refractivity contribution in [2.75, 3.05) is 0 Å². The van der Waals surface area contributed by atoms with E-state index >= 15 is 0 Å². The highest BCUT2D eigenvalue weighted by atomic mass is 16.3. The zero-order valence-corrected chi connectivity index (χ0v) is 24.8. The molecule has 2 unspecified atom stereocenters. The van der Waals surface area contributed by atoms with Gasteiger partial charge in [-0.3, -0.25) is 0 Å². The normalized spacial score (nSPS) is 18.7. The van der Waals surface area contributed by atoms with Gasteiger partial charge < -0.3 is 5.11 Å². The minimum atomic E-state index is -0.320. The molecule has 1 aliphatic rings. The monoisotopic (exact) mass is 496 g/mol. The Morgan fingerprint density at radius 3 is 1.94 bits per heavy atom. The van der Waals surface area contributed by atoms with Gasteiger partial charge in [-0.05, 0) is 57.9 Å². The van der Waals surface area contributed by atoms with E-state index in [0.29, 0.717) is 5.92 Å². The van der Waals surface area contributed by atoms with E-state index in [1.165, 1.54) is 114 Å². The van der Waals surface area contributed by atoms with Gasteiger partial charge in [0, 0.05) is 0 Å². The molecule has 0 saturated heterocycles. The van der Waals surface area contributed by atoms with E-state index in [-0.39, 0.29) is 6.10 Å². The first kappa shape index (κ1) is 32.7. The number of aliphatic hydroxyl groups excluding tert-OH is 1. The molecule has 0 aliphatic heterocycles. The Balaban J connectivity index is 2.12. The predicted molar refractivity (Wildman–Crippen MR) is 162 cm³/mol. The number of hydrogen-bond donors (Lipinski definition) is 1. The van der Waals surface area contributed by atoms with Gasteiger partial charge in [-0.25, -0.2) is 0 Å². The lowest BCUT2D eigenvalue weighted by molar-refractivity contribution is 0.207. The molecule has 1 nitrogen and oxygen atoms in total. The Morgan fingerprint density at radius 2 is 1.39 bits per heavy atom. The van der Waals surface area contributed by atoms with E-state index in [9.17, 15) is 5.11 Å². The van der Waals surface area contributed by atoms with Crippen LogP contribution in [0.5, 0.6) is 0 Å². The average Bonchev–Trinajstić information content (AvgIpc) is 2.84. The van der Waals surface area contributed by atoms with Crippen LogP contribution in [0, 0.1) is 5.92 Å². The van der Waals surface area contributed by atoms with Gasteiger partial charge >= 0.3 is 0 Å². The van der Waals surface area contributed by atoms with Gasteiger partial charge in [0.2, 0.25) is 0 Å².